The maximum absolute atomic E-state index is 11.8. The van der Waals surface area contributed by atoms with Crippen LogP contribution in [0.3, 0.4) is 0 Å². The number of benzene rings is 1. The lowest BCUT2D eigenvalue weighted by Gasteiger charge is -2.32. The molecule has 25 heavy (non-hydrogen) atoms. The minimum Gasteiger partial charge on any atom is -0.494 e. The summed E-state index contributed by atoms with van der Waals surface area (Å²) >= 11 is 0. The van der Waals surface area contributed by atoms with Gasteiger partial charge in [0, 0.05) is 28.9 Å². The Morgan fingerprint density at radius 1 is 1.24 bits per heavy atom. The summed E-state index contributed by atoms with van der Waals surface area (Å²) in [6, 6.07) is 9.75. The fourth-order valence-corrected chi connectivity index (χ4v) is 3.14. The summed E-state index contributed by atoms with van der Waals surface area (Å²) in [5.74, 6) is 1.14. The molecule has 2 aromatic heterocycles. The Hall–Kier alpha value is -3.15. The number of amides is 1. The Labute approximate surface area is 144 Å². The number of nitrogens with zero attached hydrogens (tertiary/aromatic N) is 2. The standard InChI is InChI=1S/C19H17N3O3/c1-19(2)14-9-13-12(11-5-4-8-20-10-11)6-7-15(24-3)16(13)21-17(14)22-18(23)25-19/h4-10H,1-3H3,(H,21,22,23). The van der Waals surface area contributed by atoms with Gasteiger partial charge in [-0.25, -0.2) is 9.78 Å². The third kappa shape index (κ3) is 2.46. The molecule has 0 atom stereocenters. The zero-order valence-electron chi connectivity index (χ0n) is 14.2. The van der Waals surface area contributed by atoms with Crippen LogP contribution >= 0.6 is 0 Å². The topological polar surface area (TPSA) is 73.3 Å². The normalized spacial score (nSPS) is 15.2. The molecule has 0 saturated carbocycles. The number of rotatable bonds is 2. The number of fused-ring (bicyclic) bond motifs is 2. The van der Waals surface area contributed by atoms with Crippen LogP contribution in [-0.4, -0.2) is 23.2 Å². The van der Waals surface area contributed by atoms with E-state index >= 15 is 0 Å². The van der Waals surface area contributed by atoms with Crippen LogP contribution in [-0.2, 0) is 10.3 Å². The third-order valence-corrected chi connectivity index (χ3v) is 4.36. The van der Waals surface area contributed by atoms with Crippen LogP contribution in [0.25, 0.3) is 22.0 Å². The molecule has 126 valence electrons. The summed E-state index contributed by atoms with van der Waals surface area (Å²) in [5.41, 5.74) is 2.70. The van der Waals surface area contributed by atoms with Crippen molar-refractivity contribution in [1.29, 1.82) is 0 Å². The number of cyclic esters (lactones) is 1. The Morgan fingerprint density at radius 2 is 2.08 bits per heavy atom. The highest BCUT2D eigenvalue weighted by atomic mass is 16.6. The highest BCUT2D eigenvalue weighted by Crippen LogP contribution is 2.41. The van der Waals surface area contributed by atoms with Gasteiger partial charge >= 0.3 is 6.09 Å². The number of aromatic nitrogens is 2. The van der Waals surface area contributed by atoms with E-state index in [-0.39, 0.29) is 0 Å². The summed E-state index contributed by atoms with van der Waals surface area (Å²) in [5, 5.41) is 3.59. The summed E-state index contributed by atoms with van der Waals surface area (Å²) in [7, 11) is 1.60. The zero-order chi connectivity index (χ0) is 17.6. The van der Waals surface area contributed by atoms with Crippen LogP contribution in [0.4, 0.5) is 10.6 Å². The number of hydrogen-bond acceptors (Lipinski definition) is 5. The van der Waals surface area contributed by atoms with E-state index in [9.17, 15) is 4.79 Å². The molecule has 6 nitrogen and oxygen atoms in total. The van der Waals surface area contributed by atoms with E-state index in [1.807, 2.05) is 50.4 Å². The van der Waals surface area contributed by atoms with Gasteiger partial charge in [0.05, 0.1) is 7.11 Å². The number of pyridine rings is 2. The van der Waals surface area contributed by atoms with Crippen molar-refractivity contribution in [1.82, 2.24) is 9.97 Å². The molecule has 0 bridgehead atoms. The first kappa shape index (κ1) is 15.4. The Kier molecular flexibility index (Phi) is 3.35. The highest BCUT2D eigenvalue weighted by molar-refractivity contribution is 6.00. The largest absolute Gasteiger partial charge is 0.494 e. The Bertz CT molecular complexity index is 984. The second-order valence-electron chi connectivity index (χ2n) is 6.36. The fourth-order valence-electron chi connectivity index (χ4n) is 3.14. The minimum atomic E-state index is -0.770. The maximum atomic E-state index is 11.8. The molecule has 1 aromatic carbocycles. The van der Waals surface area contributed by atoms with Gasteiger partial charge in [-0.2, -0.15) is 0 Å². The van der Waals surface area contributed by atoms with Crippen LogP contribution in [0.15, 0.2) is 42.7 Å². The average molecular weight is 335 g/mol. The first-order valence-corrected chi connectivity index (χ1v) is 7.92. The van der Waals surface area contributed by atoms with Gasteiger partial charge < -0.3 is 9.47 Å². The minimum absolute atomic E-state index is 0.496. The number of nitrogens with one attached hydrogen (secondary N) is 1. The summed E-state index contributed by atoms with van der Waals surface area (Å²) < 4.78 is 10.9. The van der Waals surface area contributed by atoms with Crippen molar-refractivity contribution in [2.24, 2.45) is 0 Å². The second kappa shape index (κ2) is 5.44. The fraction of sp³-hybridized carbons (Fsp3) is 0.211. The first-order chi connectivity index (χ1) is 12.0. The van der Waals surface area contributed by atoms with E-state index in [2.05, 4.69) is 15.3 Å². The molecule has 3 aromatic rings. The van der Waals surface area contributed by atoms with Crippen LogP contribution in [0.2, 0.25) is 0 Å². The van der Waals surface area contributed by atoms with E-state index in [0.29, 0.717) is 17.1 Å². The van der Waals surface area contributed by atoms with E-state index < -0.39 is 11.7 Å². The molecule has 1 amide bonds. The quantitative estimate of drug-likeness (QED) is 0.763. The van der Waals surface area contributed by atoms with Gasteiger partial charge in [-0.05, 0) is 43.7 Å². The molecule has 6 heteroatoms. The Morgan fingerprint density at radius 3 is 2.80 bits per heavy atom. The van der Waals surface area contributed by atoms with Gasteiger partial charge in [0.2, 0.25) is 0 Å². The predicted octanol–water partition coefficient (Wildman–Crippen LogP) is 4.10. The maximum Gasteiger partial charge on any atom is 0.413 e. The number of ether oxygens (including phenoxy) is 2. The molecule has 3 heterocycles. The summed E-state index contributed by atoms with van der Waals surface area (Å²) in [6.45, 7) is 3.70. The van der Waals surface area contributed by atoms with Gasteiger partial charge in [-0.1, -0.05) is 6.07 Å². The van der Waals surface area contributed by atoms with Gasteiger partial charge in [0.1, 0.15) is 22.7 Å². The molecule has 0 aliphatic carbocycles. The van der Waals surface area contributed by atoms with Crippen molar-refractivity contribution in [3.8, 4) is 16.9 Å². The molecular formula is C19H17N3O3. The SMILES string of the molecule is COc1ccc(-c2cccnc2)c2cc3c(nc12)NC(=O)OC3(C)C. The van der Waals surface area contributed by atoms with Crippen LogP contribution in [0.1, 0.15) is 19.4 Å². The highest BCUT2D eigenvalue weighted by Gasteiger charge is 2.35. The molecular weight excluding hydrogens is 318 g/mol. The lowest BCUT2D eigenvalue weighted by atomic mass is 9.93. The van der Waals surface area contributed by atoms with E-state index in [1.165, 1.54) is 0 Å². The molecule has 0 spiro atoms. The van der Waals surface area contributed by atoms with Crippen molar-refractivity contribution in [3.05, 3.63) is 48.3 Å². The van der Waals surface area contributed by atoms with Crippen LogP contribution in [0, 0.1) is 0 Å². The van der Waals surface area contributed by atoms with Crippen molar-refractivity contribution >= 4 is 22.8 Å². The van der Waals surface area contributed by atoms with Gasteiger partial charge in [0.25, 0.3) is 0 Å². The Balaban J connectivity index is 2.06. The van der Waals surface area contributed by atoms with E-state index in [4.69, 9.17) is 9.47 Å². The predicted molar refractivity (Wildman–Crippen MR) is 94.7 cm³/mol. The third-order valence-electron chi connectivity index (χ3n) is 4.36. The van der Waals surface area contributed by atoms with Crippen LogP contribution < -0.4 is 10.1 Å². The summed E-state index contributed by atoms with van der Waals surface area (Å²) in [4.78, 5) is 20.7. The monoisotopic (exact) mass is 335 g/mol. The molecule has 1 N–H and O–H groups in total. The number of carbonyl (C=O) groups excluding carboxylic acids is 1. The molecule has 0 fully saturated rings. The molecule has 0 radical (unpaired) electrons. The first-order valence-electron chi connectivity index (χ1n) is 7.92. The zero-order valence-corrected chi connectivity index (χ0v) is 14.2. The summed E-state index contributed by atoms with van der Waals surface area (Å²) in [6.07, 6.45) is 3.04. The van der Waals surface area contributed by atoms with Crippen molar-refractivity contribution < 1.29 is 14.3 Å². The molecule has 0 saturated heterocycles. The van der Waals surface area contributed by atoms with E-state index in [0.717, 1.165) is 22.1 Å². The molecule has 1 aliphatic heterocycles. The lowest BCUT2D eigenvalue weighted by Crippen LogP contribution is -2.35. The second-order valence-corrected chi connectivity index (χ2v) is 6.36. The van der Waals surface area contributed by atoms with Crippen molar-refractivity contribution in [2.45, 2.75) is 19.4 Å². The van der Waals surface area contributed by atoms with Gasteiger partial charge in [-0.3, -0.25) is 10.3 Å². The molecule has 1 aliphatic rings. The number of hydrogen-bond donors (Lipinski definition) is 1. The number of anilines is 1. The lowest BCUT2D eigenvalue weighted by molar-refractivity contribution is 0.0417. The van der Waals surface area contributed by atoms with Crippen molar-refractivity contribution in [2.75, 3.05) is 12.4 Å². The smallest absolute Gasteiger partial charge is 0.413 e. The van der Waals surface area contributed by atoms with Crippen LogP contribution in [0.5, 0.6) is 5.75 Å². The van der Waals surface area contributed by atoms with Crippen molar-refractivity contribution in [3.63, 3.8) is 0 Å². The van der Waals surface area contributed by atoms with Gasteiger partial charge in [-0.15, -0.1) is 0 Å². The van der Waals surface area contributed by atoms with Gasteiger partial charge in [0.15, 0.2) is 0 Å². The molecule has 4 rings (SSSR count). The average Bonchev–Trinajstić information content (AvgIpc) is 2.59. The molecule has 0 unspecified atom stereocenters. The number of methoxy groups -OCH3 is 1. The van der Waals surface area contributed by atoms with E-state index in [1.54, 1.807) is 13.3 Å². The number of carbonyl (C=O) groups is 1.